The molecule has 2 heteroatoms. The van der Waals surface area contributed by atoms with Gasteiger partial charge in [0.2, 0.25) is 5.95 Å². The van der Waals surface area contributed by atoms with Crippen molar-refractivity contribution in [2.24, 2.45) is 5.92 Å². The SMILES string of the molecule is CC(C)Cc1ccc([18F])nc1. The largest absolute Gasteiger partial charge is 0.228 e. The van der Waals surface area contributed by atoms with E-state index in [0.717, 1.165) is 12.0 Å². The third kappa shape index (κ3) is 2.66. The molecule has 0 fully saturated rings. The van der Waals surface area contributed by atoms with E-state index in [2.05, 4.69) is 18.8 Å². The minimum atomic E-state index is -0.405. The average molecular weight is 152 g/mol. The molecule has 1 heterocycles. The summed E-state index contributed by atoms with van der Waals surface area (Å²) in [6.45, 7) is 4.26. The second-order valence-corrected chi connectivity index (χ2v) is 3.09. The topological polar surface area (TPSA) is 12.9 Å². The third-order valence-corrected chi connectivity index (χ3v) is 1.43. The normalized spacial score (nSPS) is 10.5. The summed E-state index contributed by atoms with van der Waals surface area (Å²) in [6.07, 6.45) is 2.56. The van der Waals surface area contributed by atoms with Crippen molar-refractivity contribution in [2.75, 3.05) is 0 Å². The summed E-state index contributed by atoms with van der Waals surface area (Å²) in [6, 6.07) is 3.18. The van der Waals surface area contributed by atoms with Crippen LogP contribution in [0.25, 0.3) is 0 Å². The molecule has 11 heavy (non-hydrogen) atoms. The van der Waals surface area contributed by atoms with Crippen LogP contribution in [0.5, 0.6) is 0 Å². The summed E-state index contributed by atoms with van der Waals surface area (Å²) >= 11 is 0. The molecular weight excluding hydrogens is 140 g/mol. The Morgan fingerprint density at radius 2 is 2.18 bits per heavy atom. The molecule has 1 aromatic heterocycles. The number of hydrogen-bond donors (Lipinski definition) is 0. The number of halogens is 1. The summed E-state index contributed by atoms with van der Waals surface area (Å²) in [5.41, 5.74) is 1.10. The quantitative estimate of drug-likeness (QED) is 0.593. The molecule has 0 N–H and O–H groups in total. The first kappa shape index (κ1) is 8.18. The lowest BCUT2D eigenvalue weighted by Crippen LogP contribution is -1.94. The zero-order chi connectivity index (χ0) is 8.27. The van der Waals surface area contributed by atoms with Gasteiger partial charge in [0.1, 0.15) is 0 Å². The van der Waals surface area contributed by atoms with Crippen molar-refractivity contribution in [2.45, 2.75) is 20.3 Å². The van der Waals surface area contributed by atoms with Crippen LogP contribution in [-0.2, 0) is 6.42 Å². The number of pyridine rings is 1. The first-order valence-electron chi connectivity index (χ1n) is 3.79. The van der Waals surface area contributed by atoms with Crippen LogP contribution in [0.15, 0.2) is 18.3 Å². The minimum absolute atomic E-state index is 0.405. The van der Waals surface area contributed by atoms with Gasteiger partial charge < -0.3 is 0 Å². The Morgan fingerprint density at radius 3 is 2.64 bits per heavy atom. The number of hydrogen-bond acceptors (Lipinski definition) is 1. The van der Waals surface area contributed by atoms with Crippen molar-refractivity contribution in [1.82, 2.24) is 4.98 Å². The molecule has 0 aliphatic rings. The van der Waals surface area contributed by atoms with E-state index in [4.69, 9.17) is 0 Å². The predicted octanol–water partition coefficient (Wildman–Crippen LogP) is 2.42. The molecule has 0 aliphatic heterocycles. The fraction of sp³-hybridized carbons (Fsp3) is 0.444. The number of rotatable bonds is 2. The monoisotopic (exact) mass is 152 g/mol. The van der Waals surface area contributed by atoms with Crippen molar-refractivity contribution in [3.05, 3.63) is 29.8 Å². The van der Waals surface area contributed by atoms with E-state index in [0.29, 0.717) is 5.92 Å². The van der Waals surface area contributed by atoms with E-state index in [1.807, 2.05) is 0 Å². The van der Waals surface area contributed by atoms with Crippen molar-refractivity contribution in [3.63, 3.8) is 0 Å². The van der Waals surface area contributed by atoms with E-state index in [9.17, 15) is 4.39 Å². The van der Waals surface area contributed by atoms with Gasteiger partial charge in [-0.05, 0) is 24.0 Å². The number of nitrogens with zero attached hydrogens (tertiary/aromatic N) is 1. The molecule has 0 unspecified atom stereocenters. The molecular formula is C9H12FN. The van der Waals surface area contributed by atoms with Crippen LogP contribution in [0.4, 0.5) is 4.39 Å². The van der Waals surface area contributed by atoms with Gasteiger partial charge in [-0.25, -0.2) is 4.98 Å². The van der Waals surface area contributed by atoms with Gasteiger partial charge in [-0.3, -0.25) is 0 Å². The lowest BCUT2D eigenvalue weighted by Gasteiger charge is -2.02. The van der Waals surface area contributed by atoms with Gasteiger partial charge in [0.05, 0.1) is 0 Å². The Kier molecular flexibility index (Phi) is 2.58. The smallest absolute Gasteiger partial charge is 0.212 e. The summed E-state index contributed by atoms with van der Waals surface area (Å²) in [7, 11) is 0. The summed E-state index contributed by atoms with van der Waals surface area (Å²) in [5, 5.41) is 0. The molecule has 0 saturated carbocycles. The van der Waals surface area contributed by atoms with Gasteiger partial charge in [0.25, 0.3) is 0 Å². The van der Waals surface area contributed by atoms with E-state index in [1.165, 1.54) is 6.07 Å². The fourth-order valence-electron chi connectivity index (χ4n) is 0.999. The second-order valence-electron chi connectivity index (χ2n) is 3.09. The summed E-state index contributed by atoms with van der Waals surface area (Å²) in [5.74, 6) is 0.194. The average Bonchev–Trinajstić information content (AvgIpc) is 1.93. The van der Waals surface area contributed by atoms with Crippen molar-refractivity contribution >= 4 is 0 Å². The molecule has 0 aromatic carbocycles. The first-order chi connectivity index (χ1) is 5.18. The van der Waals surface area contributed by atoms with Crippen molar-refractivity contribution < 1.29 is 4.39 Å². The van der Waals surface area contributed by atoms with E-state index in [1.54, 1.807) is 12.3 Å². The molecule has 0 radical (unpaired) electrons. The summed E-state index contributed by atoms with van der Waals surface area (Å²) < 4.78 is 12.3. The molecule has 0 spiro atoms. The highest BCUT2D eigenvalue weighted by Gasteiger charge is 1.97. The Bertz CT molecular complexity index is 216. The highest BCUT2D eigenvalue weighted by Crippen LogP contribution is 2.06. The zero-order valence-corrected chi connectivity index (χ0v) is 6.84. The van der Waals surface area contributed by atoms with E-state index < -0.39 is 5.95 Å². The van der Waals surface area contributed by atoms with E-state index >= 15 is 0 Å². The third-order valence-electron chi connectivity index (χ3n) is 1.43. The summed E-state index contributed by atoms with van der Waals surface area (Å²) in [4.78, 5) is 3.57. The van der Waals surface area contributed by atoms with Crippen LogP contribution in [0, 0.1) is 11.9 Å². The molecule has 0 amide bonds. The van der Waals surface area contributed by atoms with Gasteiger partial charge in [0, 0.05) is 6.20 Å². The maximum Gasteiger partial charge on any atom is 0.212 e. The lowest BCUT2D eigenvalue weighted by molar-refractivity contribution is 0.578. The standard InChI is InChI=1S/C9H12FN/c1-7(2)5-8-3-4-9(10)11-6-8/h3-4,6-7H,5H2,1-2H3/i10-1. The molecule has 1 nitrogen and oxygen atoms in total. The second kappa shape index (κ2) is 3.46. The van der Waals surface area contributed by atoms with Crippen LogP contribution in [0.2, 0.25) is 0 Å². The van der Waals surface area contributed by atoms with Gasteiger partial charge in [-0.1, -0.05) is 19.9 Å². The molecule has 0 aliphatic carbocycles. The zero-order valence-electron chi connectivity index (χ0n) is 6.84. The van der Waals surface area contributed by atoms with Crippen LogP contribution in [-0.4, -0.2) is 4.98 Å². The maximum absolute atomic E-state index is 12.3. The molecule has 1 rings (SSSR count). The Morgan fingerprint density at radius 1 is 1.45 bits per heavy atom. The van der Waals surface area contributed by atoms with Gasteiger partial charge in [-0.2, -0.15) is 4.39 Å². The van der Waals surface area contributed by atoms with Crippen molar-refractivity contribution in [1.29, 1.82) is 0 Å². The highest BCUT2D eigenvalue weighted by atomic mass is 18.2. The van der Waals surface area contributed by atoms with Crippen LogP contribution >= 0.6 is 0 Å². The lowest BCUT2D eigenvalue weighted by atomic mass is 10.1. The van der Waals surface area contributed by atoms with Crippen molar-refractivity contribution in [3.8, 4) is 0 Å². The molecule has 60 valence electrons. The molecule has 0 bridgehead atoms. The maximum atomic E-state index is 12.3. The Labute approximate surface area is 66.3 Å². The molecule has 0 saturated heterocycles. The van der Waals surface area contributed by atoms with E-state index in [-0.39, 0.29) is 0 Å². The molecule has 1 aromatic rings. The van der Waals surface area contributed by atoms with Gasteiger partial charge >= 0.3 is 0 Å². The highest BCUT2D eigenvalue weighted by molar-refractivity contribution is 5.09. The predicted molar refractivity (Wildman–Crippen MR) is 42.7 cm³/mol. The van der Waals surface area contributed by atoms with Crippen LogP contribution < -0.4 is 0 Å². The fourth-order valence-corrected chi connectivity index (χ4v) is 0.999. The number of aromatic nitrogens is 1. The van der Waals surface area contributed by atoms with Gasteiger partial charge in [-0.15, -0.1) is 0 Å². The molecule has 0 atom stereocenters. The minimum Gasteiger partial charge on any atom is -0.228 e. The Balaban J connectivity index is 2.66. The van der Waals surface area contributed by atoms with Crippen LogP contribution in [0.1, 0.15) is 19.4 Å². The van der Waals surface area contributed by atoms with Gasteiger partial charge in [0.15, 0.2) is 0 Å². The first-order valence-corrected chi connectivity index (χ1v) is 3.79. The van der Waals surface area contributed by atoms with Crippen LogP contribution in [0.3, 0.4) is 0 Å². The Hall–Kier alpha value is -0.920.